The Hall–Kier alpha value is -2.44. The first kappa shape index (κ1) is 12.6. The molecule has 0 saturated heterocycles. The number of rotatable bonds is 6. The molecule has 1 fully saturated rings. The van der Waals surface area contributed by atoms with E-state index < -0.39 is 5.97 Å². The molecule has 0 spiro atoms. The van der Waals surface area contributed by atoms with E-state index in [0.717, 1.165) is 18.5 Å². The van der Waals surface area contributed by atoms with Crippen LogP contribution >= 0.6 is 0 Å². The van der Waals surface area contributed by atoms with Gasteiger partial charge in [0.15, 0.2) is 5.82 Å². The molecule has 0 radical (unpaired) electrons. The molecule has 0 bridgehead atoms. The Morgan fingerprint density at radius 2 is 2.10 bits per heavy atom. The lowest BCUT2D eigenvalue weighted by Crippen LogP contribution is -2.30. The molecule has 1 aliphatic carbocycles. The third-order valence-electron chi connectivity index (χ3n) is 3.23. The molecule has 1 aromatic carbocycles. The number of benzene rings is 1. The van der Waals surface area contributed by atoms with E-state index in [0.29, 0.717) is 18.4 Å². The molecule has 3 rings (SSSR count). The summed E-state index contributed by atoms with van der Waals surface area (Å²) in [6.07, 6.45) is 2.17. The smallest absolute Gasteiger partial charge is 0.323 e. The van der Waals surface area contributed by atoms with Crippen molar-refractivity contribution in [1.82, 2.24) is 20.2 Å². The second-order valence-electron chi connectivity index (χ2n) is 4.86. The number of aliphatic carboxylic acids is 1. The van der Waals surface area contributed by atoms with E-state index in [4.69, 9.17) is 5.11 Å². The molecular formula is C13H15N5O2. The summed E-state index contributed by atoms with van der Waals surface area (Å²) in [5, 5.41) is 20.8. The van der Waals surface area contributed by atoms with Gasteiger partial charge in [0.25, 0.3) is 0 Å². The lowest BCUT2D eigenvalue weighted by molar-refractivity contribution is -0.135. The van der Waals surface area contributed by atoms with Gasteiger partial charge in [0.05, 0.1) is 12.6 Å². The maximum absolute atomic E-state index is 11.0. The van der Waals surface area contributed by atoms with Crippen molar-refractivity contribution in [2.24, 2.45) is 0 Å². The number of tetrazole rings is 1. The van der Waals surface area contributed by atoms with Crippen molar-refractivity contribution in [2.75, 3.05) is 11.4 Å². The van der Waals surface area contributed by atoms with Gasteiger partial charge in [0, 0.05) is 5.69 Å². The second-order valence-corrected chi connectivity index (χ2v) is 4.86. The molecule has 7 nitrogen and oxygen atoms in total. The van der Waals surface area contributed by atoms with Crippen LogP contribution in [0.15, 0.2) is 30.3 Å². The average Bonchev–Trinajstić information content (AvgIpc) is 3.19. The molecular weight excluding hydrogens is 258 g/mol. The number of anilines is 1. The lowest BCUT2D eigenvalue weighted by atomic mass is 10.3. The Morgan fingerprint density at radius 3 is 2.75 bits per heavy atom. The number of carboxylic acids is 1. The topological polar surface area (TPSA) is 84.1 Å². The van der Waals surface area contributed by atoms with Crippen LogP contribution in [0.3, 0.4) is 0 Å². The van der Waals surface area contributed by atoms with Gasteiger partial charge in [-0.1, -0.05) is 18.2 Å². The van der Waals surface area contributed by atoms with Crippen LogP contribution in [0.2, 0.25) is 0 Å². The van der Waals surface area contributed by atoms with Crippen LogP contribution in [0.4, 0.5) is 5.69 Å². The minimum atomic E-state index is -0.876. The molecule has 0 unspecified atom stereocenters. The number of nitrogens with zero attached hydrogens (tertiary/aromatic N) is 5. The van der Waals surface area contributed by atoms with Crippen molar-refractivity contribution in [1.29, 1.82) is 0 Å². The second kappa shape index (κ2) is 5.28. The zero-order valence-corrected chi connectivity index (χ0v) is 10.9. The van der Waals surface area contributed by atoms with Gasteiger partial charge in [-0.15, -0.1) is 5.10 Å². The number of aromatic nitrogens is 4. The highest BCUT2D eigenvalue weighted by Gasteiger charge is 2.28. The highest BCUT2D eigenvalue weighted by Crippen LogP contribution is 2.34. The number of para-hydroxylation sites is 1. The maximum atomic E-state index is 11.0. The minimum Gasteiger partial charge on any atom is -0.480 e. The number of hydrogen-bond donors (Lipinski definition) is 1. The molecule has 1 aromatic heterocycles. The van der Waals surface area contributed by atoms with Crippen LogP contribution < -0.4 is 4.90 Å². The van der Waals surface area contributed by atoms with Crippen molar-refractivity contribution in [2.45, 2.75) is 25.4 Å². The fraction of sp³-hybridized carbons (Fsp3) is 0.385. The number of carboxylic acid groups (broad SMARTS) is 1. The quantitative estimate of drug-likeness (QED) is 0.848. The predicted molar refractivity (Wildman–Crippen MR) is 71.2 cm³/mol. The molecule has 1 N–H and O–H groups in total. The maximum Gasteiger partial charge on any atom is 0.323 e. The normalized spacial score (nSPS) is 14.2. The molecule has 0 aliphatic heterocycles. The van der Waals surface area contributed by atoms with Crippen LogP contribution in [-0.2, 0) is 11.3 Å². The van der Waals surface area contributed by atoms with Crippen LogP contribution in [-0.4, -0.2) is 37.8 Å². The summed E-state index contributed by atoms with van der Waals surface area (Å²) in [7, 11) is 0. The summed E-state index contributed by atoms with van der Waals surface area (Å²) in [5.74, 6) is -0.170. The van der Waals surface area contributed by atoms with Gasteiger partial charge in [0.2, 0.25) is 0 Å². The fourth-order valence-corrected chi connectivity index (χ4v) is 2.13. The van der Waals surface area contributed by atoms with E-state index in [1.165, 1.54) is 0 Å². The Balaban J connectivity index is 1.82. The fourth-order valence-electron chi connectivity index (χ4n) is 2.13. The van der Waals surface area contributed by atoms with Gasteiger partial charge in [0.1, 0.15) is 6.54 Å². The molecule has 0 atom stereocenters. The van der Waals surface area contributed by atoms with Gasteiger partial charge in [-0.05, 0) is 35.4 Å². The van der Waals surface area contributed by atoms with E-state index in [9.17, 15) is 4.79 Å². The minimum absolute atomic E-state index is 0.0818. The third kappa shape index (κ3) is 2.76. The van der Waals surface area contributed by atoms with Crippen LogP contribution in [0, 0.1) is 0 Å². The van der Waals surface area contributed by atoms with Gasteiger partial charge in [-0.2, -0.15) is 0 Å². The van der Waals surface area contributed by atoms with Crippen molar-refractivity contribution in [3.05, 3.63) is 36.2 Å². The Bertz CT molecular complexity index is 594. The molecule has 7 heteroatoms. The summed E-state index contributed by atoms with van der Waals surface area (Å²) < 4.78 is 1.80. The highest BCUT2D eigenvalue weighted by atomic mass is 16.4. The van der Waals surface area contributed by atoms with Crippen molar-refractivity contribution < 1.29 is 9.90 Å². The van der Waals surface area contributed by atoms with Crippen LogP contribution in [0.25, 0.3) is 0 Å². The Labute approximate surface area is 115 Å². The first-order valence-corrected chi connectivity index (χ1v) is 6.52. The van der Waals surface area contributed by atoms with Crippen LogP contribution in [0.5, 0.6) is 0 Å². The standard InChI is InChI=1S/C13H15N5O2/c19-13(20)9-17(10-4-2-1-3-5-10)8-12-14-15-16-18(12)11-6-7-11/h1-5,11H,6-9H2,(H,19,20). The molecule has 2 aromatic rings. The van der Waals surface area contributed by atoms with Crippen LogP contribution in [0.1, 0.15) is 24.7 Å². The zero-order valence-electron chi connectivity index (χ0n) is 10.9. The van der Waals surface area contributed by atoms with Gasteiger partial charge in [-0.25, -0.2) is 4.68 Å². The largest absolute Gasteiger partial charge is 0.480 e. The van der Waals surface area contributed by atoms with E-state index in [1.807, 2.05) is 30.3 Å². The first-order chi connectivity index (χ1) is 9.74. The first-order valence-electron chi connectivity index (χ1n) is 6.52. The SMILES string of the molecule is O=C(O)CN(Cc1nnnn1C1CC1)c1ccccc1. The summed E-state index contributed by atoms with van der Waals surface area (Å²) in [6.45, 7) is 0.307. The average molecular weight is 273 g/mol. The Kier molecular flexibility index (Phi) is 3.32. The molecule has 20 heavy (non-hydrogen) atoms. The van der Waals surface area contributed by atoms with Gasteiger partial charge >= 0.3 is 5.97 Å². The van der Waals surface area contributed by atoms with E-state index in [1.54, 1.807) is 9.58 Å². The summed E-state index contributed by atoms with van der Waals surface area (Å²) >= 11 is 0. The highest BCUT2D eigenvalue weighted by molar-refractivity contribution is 5.73. The van der Waals surface area contributed by atoms with Gasteiger partial charge in [-0.3, -0.25) is 4.79 Å². The zero-order chi connectivity index (χ0) is 13.9. The summed E-state index contributed by atoms with van der Waals surface area (Å²) in [6, 6.07) is 9.81. The van der Waals surface area contributed by atoms with E-state index in [2.05, 4.69) is 15.5 Å². The third-order valence-corrected chi connectivity index (χ3v) is 3.23. The Morgan fingerprint density at radius 1 is 1.35 bits per heavy atom. The summed E-state index contributed by atoms with van der Waals surface area (Å²) in [5.41, 5.74) is 0.847. The van der Waals surface area contributed by atoms with E-state index in [-0.39, 0.29) is 6.54 Å². The van der Waals surface area contributed by atoms with Crippen molar-refractivity contribution in [3.8, 4) is 0 Å². The van der Waals surface area contributed by atoms with Gasteiger partial charge < -0.3 is 10.0 Å². The summed E-state index contributed by atoms with van der Waals surface area (Å²) in [4.78, 5) is 12.8. The monoisotopic (exact) mass is 273 g/mol. The number of carbonyl (C=O) groups is 1. The molecule has 1 aliphatic rings. The predicted octanol–water partition coefficient (Wildman–Crippen LogP) is 1.10. The lowest BCUT2D eigenvalue weighted by Gasteiger charge is -2.22. The number of hydrogen-bond acceptors (Lipinski definition) is 5. The van der Waals surface area contributed by atoms with E-state index >= 15 is 0 Å². The molecule has 0 amide bonds. The van der Waals surface area contributed by atoms with Crippen molar-refractivity contribution in [3.63, 3.8) is 0 Å². The van der Waals surface area contributed by atoms with Crippen molar-refractivity contribution >= 4 is 11.7 Å². The molecule has 1 heterocycles. The molecule has 104 valence electrons. The molecule has 1 saturated carbocycles.